The molecule has 0 unspecified atom stereocenters. The van der Waals surface area contributed by atoms with Gasteiger partial charge in [-0.15, -0.1) is 0 Å². The number of benzene rings is 2. The third-order valence-corrected chi connectivity index (χ3v) is 3.49. The Kier molecular flexibility index (Phi) is 7.18. The van der Waals surface area contributed by atoms with Gasteiger partial charge in [0.25, 0.3) is 5.91 Å². The zero-order valence-corrected chi connectivity index (χ0v) is 15.2. The van der Waals surface area contributed by atoms with Gasteiger partial charge in [0.1, 0.15) is 0 Å². The topological polar surface area (TPSA) is 95.5 Å². The van der Waals surface area contributed by atoms with Gasteiger partial charge in [-0.2, -0.15) is 0 Å². The van der Waals surface area contributed by atoms with Crippen LogP contribution in [0, 0.1) is 0 Å². The summed E-state index contributed by atoms with van der Waals surface area (Å²) in [5, 5.41) is 6.34. The van der Waals surface area contributed by atoms with Crippen LogP contribution in [0.2, 0.25) is 0 Å². The van der Waals surface area contributed by atoms with Crippen molar-refractivity contribution in [3.8, 4) is 11.5 Å². The lowest BCUT2D eigenvalue weighted by molar-refractivity contribution is -0.120. The number of esters is 1. The molecule has 0 atom stereocenters. The first kappa shape index (κ1) is 19.8. The summed E-state index contributed by atoms with van der Waals surface area (Å²) in [4.78, 5) is 28.7. The number of hydrogen-bond acceptors (Lipinski definition) is 7. The molecule has 142 valence electrons. The molecular formula is C19H20N2O6. The number of hydrogen-bond donors (Lipinski definition) is 1. The fourth-order valence-electron chi connectivity index (χ4n) is 2.19. The predicted octanol–water partition coefficient (Wildman–Crippen LogP) is 2.48. The molecule has 0 aliphatic carbocycles. The number of oxime groups is 1. The minimum absolute atomic E-state index is 0.252. The van der Waals surface area contributed by atoms with E-state index in [0.29, 0.717) is 22.7 Å². The van der Waals surface area contributed by atoms with Gasteiger partial charge < -0.3 is 24.4 Å². The molecule has 8 heteroatoms. The van der Waals surface area contributed by atoms with Crippen LogP contribution in [0.25, 0.3) is 0 Å². The van der Waals surface area contributed by atoms with Crippen LogP contribution in [-0.4, -0.2) is 46.0 Å². The summed E-state index contributed by atoms with van der Waals surface area (Å²) in [7, 11) is 4.35. The molecule has 27 heavy (non-hydrogen) atoms. The first-order valence-electron chi connectivity index (χ1n) is 7.93. The van der Waals surface area contributed by atoms with Crippen molar-refractivity contribution in [2.75, 3.05) is 33.3 Å². The van der Waals surface area contributed by atoms with Crippen molar-refractivity contribution in [2.45, 2.75) is 0 Å². The summed E-state index contributed by atoms with van der Waals surface area (Å²) in [5.74, 6) is 0.145. The molecule has 0 heterocycles. The van der Waals surface area contributed by atoms with E-state index in [4.69, 9.17) is 14.3 Å². The second-order valence-corrected chi connectivity index (χ2v) is 5.21. The number of methoxy groups -OCH3 is 3. The van der Waals surface area contributed by atoms with E-state index in [1.54, 1.807) is 49.6 Å². The van der Waals surface area contributed by atoms with E-state index in [-0.39, 0.29) is 12.2 Å². The number of carbonyl (C=O) groups excluding carboxylic acids is 2. The third-order valence-electron chi connectivity index (χ3n) is 3.49. The second kappa shape index (κ2) is 9.81. The number of anilines is 1. The number of amides is 1. The first-order chi connectivity index (χ1) is 13.1. The highest BCUT2D eigenvalue weighted by Crippen LogP contribution is 2.26. The molecule has 0 bridgehead atoms. The number of ether oxygens (including phenoxy) is 3. The van der Waals surface area contributed by atoms with E-state index in [0.717, 1.165) is 0 Å². The van der Waals surface area contributed by atoms with Crippen LogP contribution in [-0.2, 0) is 14.4 Å². The van der Waals surface area contributed by atoms with Crippen LogP contribution < -0.4 is 14.8 Å². The highest BCUT2D eigenvalue weighted by Gasteiger charge is 2.13. The molecule has 0 radical (unpaired) electrons. The lowest BCUT2D eigenvalue weighted by Crippen LogP contribution is -2.19. The molecule has 2 rings (SSSR count). The number of rotatable bonds is 8. The van der Waals surface area contributed by atoms with Crippen molar-refractivity contribution in [2.24, 2.45) is 5.16 Å². The second-order valence-electron chi connectivity index (χ2n) is 5.21. The fourth-order valence-corrected chi connectivity index (χ4v) is 2.19. The molecule has 0 saturated carbocycles. The maximum Gasteiger partial charge on any atom is 0.339 e. The molecule has 1 amide bonds. The van der Waals surface area contributed by atoms with Crippen LogP contribution in [0.15, 0.2) is 47.6 Å². The largest absolute Gasteiger partial charge is 0.493 e. The summed E-state index contributed by atoms with van der Waals surface area (Å²) < 4.78 is 15.0. The van der Waals surface area contributed by atoms with Crippen molar-refractivity contribution in [3.63, 3.8) is 0 Å². The summed E-state index contributed by atoms with van der Waals surface area (Å²) in [6.07, 6.45) is 1.44. The Morgan fingerprint density at radius 3 is 2.48 bits per heavy atom. The van der Waals surface area contributed by atoms with Crippen molar-refractivity contribution in [1.29, 1.82) is 0 Å². The van der Waals surface area contributed by atoms with E-state index >= 15 is 0 Å². The van der Waals surface area contributed by atoms with Crippen molar-refractivity contribution in [1.82, 2.24) is 0 Å². The summed E-state index contributed by atoms with van der Waals surface area (Å²) in [5.41, 5.74) is 1.30. The molecule has 2 aromatic carbocycles. The molecule has 0 aliphatic heterocycles. The average Bonchev–Trinajstić information content (AvgIpc) is 2.70. The molecular weight excluding hydrogens is 352 g/mol. The van der Waals surface area contributed by atoms with Gasteiger partial charge in [0.2, 0.25) is 0 Å². The SMILES string of the molecule is COC(=O)c1ccccc1NC(=O)CO/N=C\c1ccc(OC)c(OC)c1. The van der Waals surface area contributed by atoms with Gasteiger partial charge in [-0.3, -0.25) is 4.79 Å². The number of carbonyl (C=O) groups is 2. The summed E-state index contributed by atoms with van der Waals surface area (Å²) >= 11 is 0. The molecule has 0 aliphatic rings. The van der Waals surface area contributed by atoms with Gasteiger partial charge in [-0.05, 0) is 30.3 Å². The van der Waals surface area contributed by atoms with Crippen molar-refractivity contribution in [3.05, 3.63) is 53.6 Å². The van der Waals surface area contributed by atoms with Crippen LogP contribution in [0.4, 0.5) is 5.69 Å². The Bertz CT molecular complexity index is 835. The van der Waals surface area contributed by atoms with Crippen LogP contribution >= 0.6 is 0 Å². The lowest BCUT2D eigenvalue weighted by atomic mass is 10.2. The van der Waals surface area contributed by atoms with E-state index < -0.39 is 11.9 Å². The van der Waals surface area contributed by atoms with Crippen LogP contribution in [0.1, 0.15) is 15.9 Å². The van der Waals surface area contributed by atoms with E-state index in [2.05, 4.69) is 15.2 Å². The van der Waals surface area contributed by atoms with Crippen LogP contribution in [0.3, 0.4) is 0 Å². The maximum absolute atomic E-state index is 12.0. The maximum atomic E-state index is 12.0. The first-order valence-corrected chi connectivity index (χ1v) is 7.93. The Labute approximate surface area is 156 Å². The zero-order valence-electron chi connectivity index (χ0n) is 15.2. The van der Waals surface area contributed by atoms with Gasteiger partial charge in [-0.1, -0.05) is 17.3 Å². The molecule has 1 N–H and O–H groups in total. The molecule has 0 saturated heterocycles. The highest BCUT2D eigenvalue weighted by molar-refractivity contribution is 6.01. The Morgan fingerprint density at radius 1 is 1.04 bits per heavy atom. The number of nitrogens with zero attached hydrogens (tertiary/aromatic N) is 1. The van der Waals surface area contributed by atoms with Gasteiger partial charge >= 0.3 is 5.97 Å². The van der Waals surface area contributed by atoms with Gasteiger partial charge in [-0.25, -0.2) is 4.79 Å². The lowest BCUT2D eigenvalue weighted by Gasteiger charge is -2.09. The van der Waals surface area contributed by atoms with Gasteiger partial charge in [0.15, 0.2) is 18.1 Å². The Morgan fingerprint density at radius 2 is 1.78 bits per heavy atom. The summed E-state index contributed by atoms with van der Waals surface area (Å²) in [6, 6.07) is 11.7. The van der Waals surface area contributed by atoms with E-state index in [1.807, 2.05) is 0 Å². The van der Waals surface area contributed by atoms with Crippen molar-refractivity contribution >= 4 is 23.8 Å². The zero-order chi connectivity index (χ0) is 19.6. The van der Waals surface area contributed by atoms with Crippen molar-refractivity contribution < 1.29 is 28.6 Å². The Hall–Kier alpha value is -3.55. The monoisotopic (exact) mass is 372 g/mol. The minimum Gasteiger partial charge on any atom is -0.493 e. The Balaban J connectivity index is 1.92. The third kappa shape index (κ3) is 5.46. The normalized spacial score (nSPS) is 10.3. The summed E-state index contributed by atoms with van der Waals surface area (Å²) in [6.45, 7) is -0.320. The molecule has 0 aromatic heterocycles. The van der Waals surface area contributed by atoms with Gasteiger partial charge in [0.05, 0.1) is 38.8 Å². The van der Waals surface area contributed by atoms with E-state index in [9.17, 15) is 9.59 Å². The average molecular weight is 372 g/mol. The number of para-hydroxylation sites is 1. The van der Waals surface area contributed by atoms with E-state index in [1.165, 1.54) is 20.4 Å². The molecule has 0 spiro atoms. The predicted molar refractivity (Wildman–Crippen MR) is 99.5 cm³/mol. The standard InChI is InChI=1S/C19H20N2O6/c1-24-16-9-8-13(10-17(16)25-2)11-20-27-12-18(22)21-15-7-5-4-6-14(15)19(23)26-3/h4-11H,12H2,1-3H3,(H,21,22)/b20-11-. The fraction of sp³-hybridized carbons (Fsp3) is 0.211. The quantitative estimate of drug-likeness (QED) is 0.434. The smallest absolute Gasteiger partial charge is 0.339 e. The highest BCUT2D eigenvalue weighted by atomic mass is 16.6. The molecule has 0 fully saturated rings. The molecule has 2 aromatic rings. The van der Waals surface area contributed by atoms with Crippen LogP contribution in [0.5, 0.6) is 11.5 Å². The number of nitrogens with one attached hydrogen (secondary N) is 1. The molecule has 8 nitrogen and oxygen atoms in total. The van der Waals surface area contributed by atoms with Gasteiger partial charge in [0, 0.05) is 5.56 Å². The minimum atomic E-state index is -0.543.